The fourth-order valence-electron chi connectivity index (χ4n) is 3.83. The van der Waals surface area contributed by atoms with Crippen LogP contribution in [0.2, 0.25) is 0 Å². The monoisotopic (exact) mass is 344 g/mol. The predicted molar refractivity (Wildman–Crippen MR) is 97.6 cm³/mol. The van der Waals surface area contributed by atoms with E-state index in [9.17, 15) is 0 Å². The van der Waals surface area contributed by atoms with Gasteiger partial charge in [0.2, 0.25) is 0 Å². The minimum atomic E-state index is 0.794. The normalized spacial score (nSPS) is 23.8. The Balaban J connectivity index is 1.51. The molecule has 3 fully saturated rings. The van der Waals surface area contributed by atoms with Gasteiger partial charge in [-0.25, -0.2) is 0 Å². The Labute approximate surface area is 147 Å². The van der Waals surface area contributed by atoms with E-state index in [1.54, 1.807) is 5.57 Å². The molecule has 0 radical (unpaired) electrons. The van der Waals surface area contributed by atoms with Crippen molar-refractivity contribution in [2.45, 2.75) is 32.1 Å². The fourth-order valence-corrected chi connectivity index (χ4v) is 4.90. The van der Waals surface area contributed by atoms with Crippen molar-refractivity contribution in [2.75, 3.05) is 44.3 Å². The number of piperidine rings is 1. The van der Waals surface area contributed by atoms with E-state index >= 15 is 0 Å². The van der Waals surface area contributed by atoms with E-state index in [1.807, 2.05) is 11.3 Å². The summed E-state index contributed by atoms with van der Waals surface area (Å²) in [5.41, 5.74) is 4.34. The molecule has 0 N–H and O–H groups in total. The van der Waals surface area contributed by atoms with Crippen LogP contribution in [0.15, 0.2) is 22.9 Å². The van der Waals surface area contributed by atoms with E-state index in [4.69, 9.17) is 9.47 Å². The van der Waals surface area contributed by atoms with Gasteiger partial charge in [0.05, 0.1) is 23.8 Å². The van der Waals surface area contributed by atoms with Crippen molar-refractivity contribution >= 4 is 22.6 Å². The zero-order chi connectivity index (χ0) is 15.9. The van der Waals surface area contributed by atoms with Crippen molar-refractivity contribution in [3.8, 4) is 5.75 Å². The van der Waals surface area contributed by atoms with E-state index in [-0.39, 0.29) is 0 Å². The van der Waals surface area contributed by atoms with E-state index in [2.05, 4.69) is 21.3 Å². The topological polar surface area (TPSA) is 24.9 Å². The van der Waals surface area contributed by atoms with Gasteiger partial charge in [-0.3, -0.25) is 0 Å². The first kappa shape index (κ1) is 14.8. The maximum absolute atomic E-state index is 6.47. The maximum Gasteiger partial charge on any atom is 0.197 e. The molecule has 4 heterocycles. The molecule has 1 aromatic rings. The second-order valence-electron chi connectivity index (χ2n) is 7.03. The van der Waals surface area contributed by atoms with Gasteiger partial charge in [0, 0.05) is 43.2 Å². The average molecular weight is 344 g/mol. The van der Waals surface area contributed by atoms with Crippen molar-refractivity contribution in [2.24, 2.45) is 0 Å². The van der Waals surface area contributed by atoms with Crippen LogP contribution < -0.4 is 9.64 Å². The molecule has 0 amide bonds. The Morgan fingerprint density at radius 3 is 2.46 bits per heavy atom. The summed E-state index contributed by atoms with van der Waals surface area (Å²) >= 11 is 1.86. The molecule has 1 aromatic heterocycles. The van der Waals surface area contributed by atoms with Crippen LogP contribution in [-0.4, -0.2) is 44.3 Å². The lowest BCUT2D eigenvalue weighted by Gasteiger charge is -2.34. The van der Waals surface area contributed by atoms with Gasteiger partial charge in [-0.15, -0.1) is 11.3 Å². The molecule has 1 aliphatic carbocycles. The Kier molecular flexibility index (Phi) is 3.78. The van der Waals surface area contributed by atoms with Crippen molar-refractivity contribution in [3.05, 3.63) is 27.8 Å². The molecule has 0 aromatic carbocycles. The Hall–Kier alpha value is -1.46. The molecule has 1 saturated carbocycles. The van der Waals surface area contributed by atoms with Gasteiger partial charge in [-0.2, -0.15) is 0 Å². The van der Waals surface area contributed by atoms with Gasteiger partial charge < -0.3 is 19.3 Å². The third-order valence-corrected chi connectivity index (χ3v) is 6.33. The molecule has 4 nitrogen and oxygen atoms in total. The second-order valence-corrected chi connectivity index (χ2v) is 7.91. The highest BCUT2D eigenvalue weighted by atomic mass is 32.1. The number of rotatable bonds is 2. The van der Waals surface area contributed by atoms with Crippen molar-refractivity contribution in [1.29, 1.82) is 0 Å². The second kappa shape index (κ2) is 6.12. The molecule has 3 aliphatic heterocycles. The maximum atomic E-state index is 6.47. The van der Waals surface area contributed by atoms with Gasteiger partial charge in [0.1, 0.15) is 0 Å². The molecule has 0 bridgehead atoms. The highest BCUT2D eigenvalue weighted by Crippen LogP contribution is 2.51. The number of hydrogen-bond donors (Lipinski definition) is 0. The zero-order valence-electron chi connectivity index (χ0n) is 14.1. The number of anilines is 1. The van der Waals surface area contributed by atoms with Gasteiger partial charge in [0.25, 0.3) is 0 Å². The number of nitrogens with zero attached hydrogens (tertiary/aromatic N) is 2. The molecule has 24 heavy (non-hydrogen) atoms. The summed E-state index contributed by atoms with van der Waals surface area (Å²) in [6.45, 7) is 5.76. The number of ether oxygens (including phenoxy) is 2. The largest absolute Gasteiger partial charge is 0.437 e. The standard InChI is InChI=1S/C19H24N2O2S/c1-2-6-20(7-3-1)16-13-24-19-15(14-4-5-14)12-17(23-18(16)19)21-8-10-22-11-9-21/h12-13H,1-11H2. The molecular formula is C19H24N2O2S. The van der Waals surface area contributed by atoms with E-state index in [0.29, 0.717) is 0 Å². The number of morpholine rings is 1. The minimum Gasteiger partial charge on any atom is -0.437 e. The summed E-state index contributed by atoms with van der Waals surface area (Å²) in [4.78, 5) is 6.21. The smallest absolute Gasteiger partial charge is 0.197 e. The van der Waals surface area contributed by atoms with Crippen LogP contribution in [0.25, 0.3) is 5.57 Å². The number of thiophene rings is 1. The first-order valence-electron chi connectivity index (χ1n) is 9.21. The van der Waals surface area contributed by atoms with Crippen molar-refractivity contribution in [1.82, 2.24) is 4.90 Å². The summed E-state index contributed by atoms with van der Waals surface area (Å²) in [6.07, 6.45) is 8.73. The third-order valence-electron chi connectivity index (χ3n) is 5.35. The summed E-state index contributed by atoms with van der Waals surface area (Å²) in [5, 5.41) is 2.31. The Morgan fingerprint density at radius 1 is 0.917 bits per heavy atom. The predicted octanol–water partition coefficient (Wildman–Crippen LogP) is 3.85. The number of hydrogen-bond acceptors (Lipinski definition) is 5. The van der Waals surface area contributed by atoms with E-state index < -0.39 is 0 Å². The van der Waals surface area contributed by atoms with Crippen LogP contribution in [0.5, 0.6) is 5.75 Å². The van der Waals surface area contributed by atoms with Crippen LogP contribution in [-0.2, 0) is 4.74 Å². The van der Waals surface area contributed by atoms with Gasteiger partial charge in [-0.05, 0) is 32.1 Å². The lowest BCUT2D eigenvalue weighted by atomic mass is 10.1. The molecule has 0 atom stereocenters. The summed E-state index contributed by atoms with van der Waals surface area (Å²) in [6, 6.07) is 0. The Bertz CT molecular complexity index is 688. The van der Waals surface area contributed by atoms with Crippen molar-refractivity contribution in [3.63, 3.8) is 0 Å². The Morgan fingerprint density at radius 2 is 1.71 bits per heavy atom. The van der Waals surface area contributed by atoms with Crippen molar-refractivity contribution < 1.29 is 9.47 Å². The SMILES string of the molecule is C1=C(N2CCOCC2)Oc2c(N3CCCCC3)csc2C1=C1CC1. The zero-order valence-corrected chi connectivity index (χ0v) is 14.9. The van der Waals surface area contributed by atoms with Crippen LogP contribution in [0.1, 0.15) is 37.0 Å². The minimum absolute atomic E-state index is 0.794. The number of fused-ring (bicyclic) bond motifs is 1. The first-order chi connectivity index (χ1) is 11.9. The van der Waals surface area contributed by atoms with Crippen LogP contribution in [0, 0.1) is 0 Å². The molecular weight excluding hydrogens is 320 g/mol. The molecule has 4 aliphatic rings. The van der Waals surface area contributed by atoms with Gasteiger partial charge >= 0.3 is 0 Å². The van der Waals surface area contributed by atoms with Gasteiger partial charge in [-0.1, -0.05) is 5.57 Å². The highest BCUT2D eigenvalue weighted by molar-refractivity contribution is 7.12. The first-order valence-corrected chi connectivity index (χ1v) is 10.1. The number of allylic oxidation sites excluding steroid dienone is 3. The summed E-state index contributed by atoms with van der Waals surface area (Å²) in [7, 11) is 0. The van der Waals surface area contributed by atoms with Crippen LogP contribution in [0.3, 0.4) is 0 Å². The lowest BCUT2D eigenvalue weighted by Crippen LogP contribution is -2.38. The quantitative estimate of drug-likeness (QED) is 0.813. The molecule has 5 heteroatoms. The summed E-state index contributed by atoms with van der Waals surface area (Å²) < 4.78 is 12.0. The van der Waals surface area contributed by atoms with E-state index in [1.165, 1.54) is 48.2 Å². The average Bonchev–Trinajstić information content (AvgIpc) is 3.41. The van der Waals surface area contributed by atoms with Crippen LogP contribution in [0.4, 0.5) is 5.69 Å². The lowest BCUT2D eigenvalue weighted by molar-refractivity contribution is 0.0348. The molecule has 128 valence electrons. The van der Waals surface area contributed by atoms with E-state index in [0.717, 1.165) is 51.0 Å². The third kappa shape index (κ3) is 2.64. The van der Waals surface area contributed by atoms with Gasteiger partial charge in [0.15, 0.2) is 11.6 Å². The fraction of sp³-hybridized carbons (Fsp3) is 0.579. The highest BCUT2D eigenvalue weighted by Gasteiger charge is 2.31. The van der Waals surface area contributed by atoms with Crippen LogP contribution >= 0.6 is 11.3 Å². The molecule has 2 saturated heterocycles. The molecule has 5 rings (SSSR count). The molecule has 0 unspecified atom stereocenters. The summed E-state index contributed by atoms with van der Waals surface area (Å²) in [5.74, 6) is 2.14. The molecule has 0 spiro atoms.